The summed E-state index contributed by atoms with van der Waals surface area (Å²) in [5.74, 6) is 0.857. The summed E-state index contributed by atoms with van der Waals surface area (Å²) in [7, 11) is 5.67. The van der Waals surface area contributed by atoms with E-state index in [1.54, 1.807) is 7.11 Å². The predicted molar refractivity (Wildman–Crippen MR) is 68.8 cm³/mol. The molecule has 1 aromatic carbocycles. The average Bonchev–Trinajstić information content (AvgIpc) is 2.25. The fourth-order valence-corrected chi connectivity index (χ4v) is 2.16. The van der Waals surface area contributed by atoms with Crippen molar-refractivity contribution in [2.24, 2.45) is 0 Å². The summed E-state index contributed by atoms with van der Waals surface area (Å²) in [5.41, 5.74) is 1.09. The molecular formula is C12H18BrNO2. The molecule has 0 aliphatic heterocycles. The third kappa shape index (κ3) is 3.20. The van der Waals surface area contributed by atoms with Gasteiger partial charge in [-0.1, -0.05) is 15.9 Å². The molecular weight excluding hydrogens is 270 g/mol. The summed E-state index contributed by atoms with van der Waals surface area (Å²) < 4.78 is 6.37. The van der Waals surface area contributed by atoms with E-state index in [2.05, 4.69) is 20.8 Å². The molecule has 0 aromatic heterocycles. The van der Waals surface area contributed by atoms with Gasteiger partial charge in [0.2, 0.25) is 0 Å². The Morgan fingerprint density at radius 1 is 1.44 bits per heavy atom. The van der Waals surface area contributed by atoms with Gasteiger partial charge in [0.25, 0.3) is 0 Å². The minimum Gasteiger partial charge on any atom is -0.496 e. The van der Waals surface area contributed by atoms with Crippen molar-refractivity contribution in [2.75, 3.05) is 27.8 Å². The Balaban J connectivity index is 3.10. The molecule has 0 amide bonds. The van der Waals surface area contributed by atoms with E-state index in [9.17, 15) is 0 Å². The molecule has 1 N–H and O–H groups in total. The first kappa shape index (κ1) is 13.5. The van der Waals surface area contributed by atoms with Gasteiger partial charge in [-0.25, -0.2) is 0 Å². The van der Waals surface area contributed by atoms with Gasteiger partial charge in [0.15, 0.2) is 0 Å². The molecule has 0 aliphatic carbocycles. The highest BCUT2D eigenvalue weighted by molar-refractivity contribution is 9.10. The van der Waals surface area contributed by atoms with E-state index in [0.717, 1.165) is 15.8 Å². The lowest BCUT2D eigenvalue weighted by molar-refractivity contribution is 0.207. The summed E-state index contributed by atoms with van der Waals surface area (Å²) in [6, 6.07) is 6.10. The number of aliphatic hydroxyl groups is 1. The molecule has 0 aliphatic rings. The normalized spacial score (nSPS) is 12.9. The maximum absolute atomic E-state index is 9.10. The van der Waals surface area contributed by atoms with Gasteiger partial charge >= 0.3 is 0 Å². The number of ether oxygens (including phenoxy) is 1. The smallest absolute Gasteiger partial charge is 0.123 e. The second kappa shape index (κ2) is 6.23. The number of methoxy groups -OCH3 is 1. The van der Waals surface area contributed by atoms with E-state index in [1.165, 1.54) is 0 Å². The molecule has 0 spiro atoms. The summed E-state index contributed by atoms with van der Waals surface area (Å²) in [5, 5.41) is 9.10. The van der Waals surface area contributed by atoms with Gasteiger partial charge in [0, 0.05) is 22.7 Å². The summed E-state index contributed by atoms with van der Waals surface area (Å²) in [4.78, 5) is 2.08. The van der Waals surface area contributed by atoms with Crippen LogP contribution in [0.15, 0.2) is 22.7 Å². The highest BCUT2D eigenvalue weighted by Crippen LogP contribution is 2.32. The van der Waals surface area contributed by atoms with Crippen molar-refractivity contribution in [3.05, 3.63) is 28.2 Å². The highest BCUT2D eigenvalue weighted by atomic mass is 79.9. The fraction of sp³-hybridized carbons (Fsp3) is 0.500. The van der Waals surface area contributed by atoms with Crippen molar-refractivity contribution >= 4 is 15.9 Å². The Labute approximate surface area is 105 Å². The number of nitrogens with zero attached hydrogens (tertiary/aromatic N) is 1. The minimum atomic E-state index is 0.164. The molecule has 1 aromatic rings. The third-order valence-electron chi connectivity index (χ3n) is 2.58. The SMILES string of the molecule is COc1ccc(Br)cc1C(CCO)N(C)C. The monoisotopic (exact) mass is 287 g/mol. The number of rotatable bonds is 5. The first-order valence-corrected chi connectivity index (χ1v) is 6.00. The van der Waals surface area contributed by atoms with Crippen LogP contribution >= 0.6 is 15.9 Å². The Bertz CT molecular complexity index is 342. The standard InChI is InChI=1S/C12H18BrNO2/c1-14(2)11(6-7-15)10-8-9(13)4-5-12(10)16-3/h4-5,8,11,15H,6-7H2,1-3H3. The minimum absolute atomic E-state index is 0.164. The van der Waals surface area contributed by atoms with Gasteiger partial charge in [-0.05, 0) is 38.7 Å². The zero-order valence-electron chi connectivity index (χ0n) is 9.90. The van der Waals surface area contributed by atoms with E-state index in [4.69, 9.17) is 9.84 Å². The van der Waals surface area contributed by atoms with Gasteiger partial charge in [0.05, 0.1) is 7.11 Å². The van der Waals surface area contributed by atoms with Gasteiger partial charge in [-0.15, -0.1) is 0 Å². The Morgan fingerprint density at radius 3 is 2.62 bits per heavy atom. The van der Waals surface area contributed by atoms with Gasteiger partial charge in [-0.2, -0.15) is 0 Å². The lowest BCUT2D eigenvalue weighted by atomic mass is 10.0. The lowest BCUT2D eigenvalue weighted by Crippen LogP contribution is -2.21. The second-order valence-electron chi connectivity index (χ2n) is 3.88. The molecule has 0 saturated heterocycles. The summed E-state index contributed by atoms with van der Waals surface area (Å²) >= 11 is 3.46. The fourth-order valence-electron chi connectivity index (χ4n) is 1.78. The van der Waals surface area contributed by atoms with E-state index >= 15 is 0 Å². The molecule has 0 bridgehead atoms. The topological polar surface area (TPSA) is 32.7 Å². The van der Waals surface area contributed by atoms with E-state index < -0.39 is 0 Å². The molecule has 90 valence electrons. The molecule has 16 heavy (non-hydrogen) atoms. The van der Waals surface area contributed by atoms with Crippen LogP contribution in [0.5, 0.6) is 5.75 Å². The summed E-state index contributed by atoms with van der Waals surface area (Å²) in [6.45, 7) is 0.165. The summed E-state index contributed by atoms with van der Waals surface area (Å²) in [6.07, 6.45) is 0.694. The molecule has 0 fully saturated rings. The number of aliphatic hydroxyl groups excluding tert-OH is 1. The van der Waals surface area contributed by atoms with Crippen LogP contribution in [0.25, 0.3) is 0 Å². The molecule has 1 unspecified atom stereocenters. The van der Waals surface area contributed by atoms with Gasteiger partial charge in [0.1, 0.15) is 5.75 Å². The first-order valence-electron chi connectivity index (χ1n) is 5.21. The predicted octanol–water partition coefficient (Wildman–Crippen LogP) is 2.44. The molecule has 0 heterocycles. The number of hydrogen-bond acceptors (Lipinski definition) is 3. The van der Waals surface area contributed by atoms with E-state index in [0.29, 0.717) is 6.42 Å². The van der Waals surface area contributed by atoms with Crippen molar-refractivity contribution in [2.45, 2.75) is 12.5 Å². The van der Waals surface area contributed by atoms with Crippen LogP contribution < -0.4 is 4.74 Å². The molecule has 4 heteroatoms. The van der Waals surface area contributed by atoms with Crippen molar-refractivity contribution in [3.63, 3.8) is 0 Å². The quantitative estimate of drug-likeness (QED) is 0.903. The van der Waals surface area contributed by atoms with Crippen LogP contribution in [-0.4, -0.2) is 37.8 Å². The molecule has 1 atom stereocenters. The maximum atomic E-state index is 9.10. The highest BCUT2D eigenvalue weighted by Gasteiger charge is 2.18. The molecule has 0 saturated carbocycles. The average molecular weight is 288 g/mol. The number of halogens is 1. The number of hydrogen-bond donors (Lipinski definition) is 1. The zero-order valence-corrected chi connectivity index (χ0v) is 11.5. The van der Waals surface area contributed by atoms with Crippen LogP contribution in [0.1, 0.15) is 18.0 Å². The van der Waals surface area contributed by atoms with Gasteiger partial charge < -0.3 is 14.7 Å². The molecule has 3 nitrogen and oxygen atoms in total. The first-order chi connectivity index (χ1) is 7.60. The van der Waals surface area contributed by atoms with Crippen molar-refractivity contribution in [3.8, 4) is 5.75 Å². The molecule has 1 rings (SSSR count). The largest absolute Gasteiger partial charge is 0.496 e. The zero-order chi connectivity index (χ0) is 12.1. The number of benzene rings is 1. The lowest BCUT2D eigenvalue weighted by Gasteiger charge is -2.25. The van der Waals surface area contributed by atoms with Crippen LogP contribution in [0.3, 0.4) is 0 Å². The Hall–Kier alpha value is -0.580. The van der Waals surface area contributed by atoms with Crippen LogP contribution in [0.2, 0.25) is 0 Å². The van der Waals surface area contributed by atoms with Crippen molar-refractivity contribution < 1.29 is 9.84 Å². The van der Waals surface area contributed by atoms with Crippen LogP contribution in [0, 0.1) is 0 Å². The Morgan fingerprint density at radius 2 is 2.12 bits per heavy atom. The molecule has 0 radical (unpaired) electrons. The maximum Gasteiger partial charge on any atom is 0.123 e. The Kier molecular flexibility index (Phi) is 5.25. The van der Waals surface area contributed by atoms with Crippen molar-refractivity contribution in [1.29, 1.82) is 0 Å². The van der Waals surface area contributed by atoms with Crippen LogP contribution in [-0.2, 0) is 0 Å². The van der Waals surface area contributed by atoms with Crippen molar-refractivity contribution in [1.82, 2.24) is 4.90 Å². The van der Waals surface area contributed by atoms with Crippen LogP contribution in [0.4, 0.5) is 0 Å². The van der Waals surface area contributed by atoms with Gasteiger partial charge in [-0.3, -0.25) is 0 Å². The third-order valence-corrected chi connectivity index (χ3v) is 3.07. The second-order valence-corrected chi connectivity index (χ2v) is 4.79. The van der Waals surface area contributed by atoms with E-state index in [-0.39, 0.29) is 12.6 Å². The van der Waals surface area contributed by atoms with E-state index in [1.807, 2.05) is 32.3 Å².